The fraction of sp³-hybridized carbons (Fsp3) is 0.0667. The summed E-state index contributed by atoms with van der Waals surface area (Å²) in [5.74, 6) is 0.807. The van der Waals surface area contributed by atoms with Crippen molar-refractivity contribution in [2.45, 2.75) is 6.43 Å². The molecule has 2 heterocycles. The molecule has 0 saturated carbocycles. The van der Waals surface area contributed by atoms with Crippen molar-refractivity contribution in [2.75, 3.05) is 5.32 Å². The number of anilines is 2. The van der Waals surface area contributed by atoms with Crippen molar-refractivity contribution in [3.05, 3.63) is 59.2 Å². The molecule has 6 heteroatoms. The van der Waals surface area contributed by atoms with Gasteiger partial charge in [0.2, 0.25) is 0 Å². The smallest absolute Gasteiger partial charge is 0.280 e. The molecule has 106 valence electrons. The summed E-state index contributed by atoms with van der Waals surface area (Å²) in [6.45, 7) is 0. The van der Waals surface area contributed by atoms with Gasteiger partial charge in [0.1, 0.15) is 17.3 Å². The summed E-state index contributed by atoms with van der Waals surface area (Å²) in [5, 5.41) is 4.34. The van der Waals surface area contributed by atoms with Crippen molar-refractivity contribution in [3.8, 4) is 0 Å². The second kappa shape index (κ2) is 5.61. The van der Waals surface area contributed by atoms with E-state index in [1.54, 1.807) is 18.2 Å². The molecule has 0 aliphatic rings. The molecule has 21 heavy (non-hydrogen) atoms. The molecule has 3 rings (SSSR count). The highest BCUT2D eigenvalue weighted by Gasteiger charge is 2.09. The van der Waals surface area contributed by atoms with Gasteiger partial charge in [-0.25, -0.2) is 18.7 Å². The highest BCUT2D eigenvalue weighted by molar-refractivity contribution is 6.35. The number of fused-ring (bicyclic) bond motifs is 1. The molecule has 0 fully saturated rings. The summed E-state index contributed by atoms with van der Waals surface area (Å²) in [6, 6.07) is 13.5. The summed E-state index contributed by atoms with van der Waals surface area (Å²) >= 11 is 6.09. The van der Waals surface area contributed by atoms with Crippen LogP contribution in [-0.2, 0) is 0 Å². The number of nitrogens with one attached hydrogen (secondary N) is 1. The first-order valence-electron chi connectivity index (χ1n) is 6.21. The number of aromatic nitrogens is 2. The van der Waals surface area contributed by atoms with E-state index in [-0.39, 0.29) is 5.69 Å². The molecule has 2 aromatic heterocycles. The first-order chi connectivity index (χ1) is 10.1. The molecule has 3 aromatic rings. The quantitative estimate of drug-likeness (QED) is 0.743. The van der Waals surface area contributed by atoms with Crippen LogP contribution < -0.4 is 5.32 Å². The third-order valence-corrected chi connectivity index (χ3v) is 3.23. The molecule has 3 nitrogen and oxygen atoms in total. The van der Waals surface area contributed by atoms with Gasteiger partial charge in [-0.1, -0.05) is 29.8 Å². The van der Waals surface area contributed by atoms with Crippen molar-refractivity contribution in [2.24, 2.45) is 0 Å². The van der Waals surface area contributed by atoms with E-state index in [2.05, 4.69) is 15.3 Å². The molecule has 1 N–H and O–H groups in total. The van der Waals surface area contributed by atoms with Crippen LogP contribution in [0.2, 0.25) is 5.02 Å². The van der Waals surface area contributed by atoms with Crippen LogP contribution in [0.25, 0.3) is 10.9 Å². The Bertz CT molecular complexity index is 793. The Balaban J connectivity index is 1.94. The minimum Gasteiger partial charge on any atom is -0.325 e. The molecule has 0 saturated heterocycles. The molecule has 0 spiro atoms. The van der Waals surface area contributed by atoms with Gasteiger partial charge in [0.15, 0.2) is 0 Å². The van der Waals surface area contributed by atoms with Crippen LogP contribution in [0.4, 0.5) is 20.4 Å². The number of hydrogen-bond acceptors (Lipinski definition) is 3. The normalized spacial score (nSPS) is 11.0. The summed E-state index contributed by atoms with van der Waals surface area (Å²) in [7, 11) is 0. The van der Waals surface area contributed by atoms with E-state index in [1.165, 1.54) is 12.1 Å². The highest BCUT2D eigenvalue weighted by atomic mass is 35.5. The van der Waals surface area contributed by atoms with Crippen LogP contribution >= 0.6 is 11.6 Å². The minimum absolute atomic E-state index is 0.279. The zero-order valence-corrected chi connectivity index (χ0v) is 11.5. The Morgan fingerprint density at radius 1 is 0.905 bits per heavy atom. The molecule has 0 aliphatic carbocycles. The first kappa shape index (κ1) is 13.7. The van der Waals surface area contributed by atoms with E-state index < -0.39 is 6.43 Å². The Morgan fingerprint density at radius 3 is 2.48 bits per heavy atom. The first-order valence-corrected chi connectivity index (χ1v) is 6.59. The molecule has 1 aromatic carbocycles. The molecule has 0 unspecified atom stereocenters. The zero-order chi connectivity index (χ0) is 14.8. The Labute approximate surface area is 124 Å². The maximum absolute atomic E-state index is 12.6. The lowest BCUT2D eigenvalue weighted by Gasteiger charge is -2.08. The van der Waals surface area contributed by atoms with Crippen LogP contribution in [0, 0.1) is 0 Å². The second-order valence-corrected chi connectivity index (χ2v) is 4.79. The van der Waals surface area contributed by atoms with Gasteiger partial charge in [-0.15, -0.1) is 0 Å². The van der Waals surface area contributed by atoms with Gasteiger partial charge in [-0.05, 0) is 30.3 Å². The SMILES string of the molecule is FC(F)c1cccc(Nc2ccc3cccc(Cl)c3n2)n1. The van der Waals surface area contributed by atoms with E-state index in [4.69, 9.17) is 11.6 Å². The molecule has 0 atom stereocenters. The van der Waals surface area contributed by atoms with E-state index >= 15 is 0 Å². The maximum atomic E-state index is 12.6. The van der Waals surface area contributed by atoms with Gasteiger partial charge in [0, 0.05) is 5.39 Å². The third-order valence-electron chi connectivity index (χ3n) is 2.92. The zero-order valence-electron chi connectivity index (χ0n) is 10.7. The second-order valence-electron chi connectivity index (χ2n) is 4.38. The molecule has 0 amide bonds. The summed E-state index contributed by atoms with van der Waals surface area (Å²) in [4.78, 5) is 8.21. The standard InChI is InChI=1S/C15H10ClF2N3/c16-10-4-1-3-9-7-8-13(21-14(9)10)20-12-6-2-5-11(19-12)15(17)18/h1-8,15H,(H,19,20,21). The van der Waals surface area contributed by atoms with Crippen molar-refractivity contribution < 1.29 is 8.78 Å². The predicted molar refractivity (Wildman–Crippen MR) is 79.2 cm³/mol. The lowest BCUT2D eigenvalue weighted by Crippen LogP contribution is -1.99. The number of pyridine rings is 2. The average Bonchev–Trinajstić information content (AvgIpc) is 2.48. The van der Waals surface area contributed by atoms with Crippen LogP contribution in [0.3, 0.4) is 0 Å². The van der Waals surface area contributed by atoms with Gasteiger partial charge >= 0.3 is 0 Å². The van der Waals surface area contributed by atoms with Gasteiger partial charge in [-0.2, -0.15) is 0 Å². The van der Waals surface area contributed by atoms with Crippen molar-refractivity contribution in [1.29, 1.82) is 0 Å². The third kappa shape index (κ3) is 2.92. The summed E-state index contributed by atoms with van der Waals surface area (Å²) < 4.78 is 25.2. The minimum atomic E-state index is -2.61. The van der Waals surface area contributed by atoms with Gasteiger partial charge in [-0.3, -0.25) is 0 Å². The number of nitrogens with zero attached hydrogens (tertiary/aromatic N) is 2. The highest BCUT2D eigenvalue weighted by Crippen LogP contribution is 2.24. The topological polar surface area (TPSA) is 37.8 Å². The maximum Gasteiger partial charge on any atom is 0.280 e. The number of benzene rings is 1. The van der Waals surface area contributed by atoms with E-state index in [0.717, 1.165) is 5.39 Å². The number of alkyl halides is 2. The van der Waals surface area contributed by atoms with Crippen molar-refractivity contribution in [3.63, 3.8) is 0 Å². The van der Waals surface area contributed by atoms with Crippen molar-refractivity contribution >= 4 is 34.1 Å². The number of halogens is 3. The average molecular weight is 306 g/mol. The van der Waals surface area contributed by atoms with Gasteiger partial charge in [0.25, 0.3) is 6.43 Å². The molecule has 0 bridgehead atoms. The van der Waals surface area contributed by atoms with E-state index in [9.17, 15) is 8.78 Å². The Hall–Kier alpha value is -2.27. The number of hydrogen-bond donors (Lipinski definition) is 1. The fourth-order valence-electron chi connectivity index (χ4n) is 1.95. The summed E-state index contributed by atoms with van der Waals surface area (Å²) in [5.41, 5.74) is 0.369. The van der Waals surface area contributed by atoms with Crippen LogP contribution in [0.5, 0.6) is 0 Å². The predicted octanol–water partition coefficient (Wildman–Crippen LogP) is 4.96. The Kier molecular flexibility index (Phi) is 3.66. The lowest BCUT2D eigenvalue weighted by atomic mass is 10.2. The monoisotopic (exact) mass is 305 g/mol. The largest absolute Gasteiger partial charge is 0.325 e. The van der Waals surface area contributed by atoms with Crippen LogP contribution in [0.1, 0.15) is 12.1 Å². The van der Waals surface area contributed by atoms with E-state index in [1.807, 2.05) is 18.2 Å². The van der Waals surface area contributed by atoms with Crippen LogP contribution in [0.15, 0.2) is 48.5 Å². The molecular weight excluding hydrogens is 296 g/mol. The fourth-order valence-corrected chi connectivity index (χ4v) is 2.18. The van der Waals surface area contributed by atoms with Crippen LogP contribution in [-0.4, -0.2) is 9.97 Å². The molecular formula is C15H10ClF2N3. The van der Waals surface area contributed by atoms with E-state index in [0.29, 0.717) is 22.2 Å². The lowest BCUT2D eigenvalue weighted by molar-refractivity contribution is 0.146. The Morgan fingerprint density at radius 2 is 1.67 bits per heavy atom. The molecule has 0 radical (unpaired) electrons. The molecule has 0 aliphatic heterocycles. The number of para-hydroxylation sites is 1. The van der Waals surface area contributed by atoms with Gasteiger partial charge in [0.05, 0.1) is 10.5 Å². The summed E-state index contributed by atoms with van der Waals surface area (Å²) in [6.07, 6.45) is -2.61. The van der Waals surface area contributed by atoms with Gasteiger partial charge < -0.3 is 5.32 Å². The van der Waals surface area contributed by atoms with Crippen molar-refractivity contribution in [1.82, 2.24) is 9.97 Å². The number of rotatable bonds is 3.